The molecule has 0 bridgehead atoms. The number of anilines is 1. The van der Waals surface area contributed by atoms with Gasteiger partial charge in [0, 0.05) is 32.4 Å². The summed E-state index contributed by atoms with van der Waals surface area (Å²) >= 11 is 0. The van der Waals surface area contributed by atoms with E-state index >= 15 is 0 Å². The summed E-state index contributed by atoms with van der Waals surface area (Å²) in [6, 6.07) is 11.4. The Kier molecular flexibility index (Phi) is 4.16. The first-order valence-electron chi connectivity index (χ1n) is 6.35. The standard InChI is InChI=1S/C15H16N4O/c1-19(2)15(20)7-8-17-14-9-11(10-16)12-5-3-4-6-13(12)18-14/h3-6,9H,7-8H2,1-2H3,(H,17,18). The summed E-state index contributed by atoms with van der Waals surface area (Å²) < 4.78 is 0. The van der Waals surface area contributed by atoms with Gasteiger partial charge >= 0.3 is 0 Å². The average Bonchev–Trinajstić information content (AvgIpc) is 2.46. The normalized spacial score (nSPS) is 10.1. The number of pyridine rings is 1. The number of carbonyl (C=O) groups excluding carboxylic acids is 1. The third kappa shape index (κ3) is 3.04. The second kappa shape index (κ2) is 6.02. The van der Waals surface area contributed by atoms with Gasteiger partial charge in [0.15, 0.2) is 0 Å². The Morgan fingerprint density at radius 3 is 2.85 bits per heavy atom. The van der Waals surface area contributed by atoms with Crippen LogP contribution in [0.2, 0.25) is 0 Å². The Morgan fingerprint density at radius 2 is 2.15 bits per heavy atom. The van der Waals surface area contributed by atoms with E-state index in [1.807, 2.05) is 24.3 Å². The molecule has 2 rings (SSSR count). The van der Waals surface area contributed by atoms with Crippen molar-refractivity contribution in [2.24, 2.45) is 0 Å². The minimum absolute atomic E-state index is 0.0544. The molecule has 1 heterocycles. The molecule has 0 saturated heterocycles. The molecule has 20 heavy (non-hydrogen) atoms. The van der Waals surface area contributed by atoms with E-state index in [0.717, 1.165) is 10.9 Å². The van der Waals surface area contributed by atoms with Gasteiger partial charge in [-0.15, -0.1) is 0 Å². The number of fused-ring (bicyclic) bond motifs is 1. The van der Waals surface area contributed by atoms with Crippen LogP contribution in [0, 0.1) is 11.3 Å². The van der Waals surface area contributed by atoms with Gasteiger partial charge in [-0.2, -0.15) is 5.26 Å². The Morgan fingerprint density at radius 1 is 1.40 bits per heavy atom. The van der Waals surface area contributed by atoms with Crippen LogP contribution in [0.3, 0.4) is 0 Å². The molecule has 0 unspecified atom stereocenters. The topological polar surface area (TPSA) is 69.0 Å². The number of benzene rings is 1. The lowest BCUT2D eigenvalue weighted by atomic mass is 10.1. The number of amides is 1. The lowest BCUT2D eigenvalue weighted by molar-refractivity contribution is -0.128. The molecule has 1 N–H and O–H groups in total. The van der Waals surface area contributed by atoms with Crippen molar-refractivity contribution in [2.75, 3.05) is 26.0 Å². The minimum Gasteiger partial charge on any atom is -0.369 e. The Labute approximate surface area is 117 Å². The fourth-order valence-corrected chi connectivity index (χ4v) is 1.88. The fourth-order valence-electron chi connectivity index (χ4n) is 1.88. The van der Waals surface area contributed by atoms with Crippen LogP contribution in [0.4, 0.5) is 5.82 Å². The highest BCUT2D eigenvalue weighted by molar-refractivity contribution is 5.86. The second-order valence-electron chi connectivity index (χ2n) is 4.65. The molecule has 1 aromatic carbocycles. The number of nitriles is 1. The van der Waals surface area contributed by atoms with Crippen molar-refractivity contribution in [3.05, 3.63) is 35.9 Å². The number of nitrogens with one attached hydrogen (secondary N) is 1. The molecule has 2 aromatic rings. The van der Waals surface area contributed by atoms with Gasteiger partial charge in [-0.05, 0) is 12.1 Å². The minimum atomic E-state index is 0.0544. The maximum absolute atomic E-state index is 11.5. The molecule has 0 aliphatic rings. The molecule has 0 fully saturated rings. The van der Waals surface area contributed by atoms with E-state index in [4.69, 9.17) is 0 Å². The van der Waals surface area contributed by atoms with Crippen molar-refractivity contribution in [3.8, 4) is 6.07 Å². The van der Waals surface area contributed by atoms with E-state index in [-0.39, 0.29) is 5.91 Å². The van der Waals surface area contributed by atoms with Crippen LogP contribution in [0.5, 0.6) is 0 Å². The van der Waals surface area contributed by atoms with Gasteiger partial charge in [-0.25, -0.2) is 4.98 Å². The smallest absolute Gasteiger partial charge is 0.223 e. The average molecular weight is 268 g/mol. The third-order valence-electron chi connectivity index (χ3n) is 2.98. The Hall–Kier alpha value is -2.61. The van der Waals surface area contributed by atoms with E-state index in [0.29, 0.717) is 24.3 Å². The third-order valence-corrected chi connectivity index (χ3v) is 2.98. The molecule has 0 aliphatic heterocycles. The van der Waals surface area contributed by atoms with Crippen molar-refractivity contribution in [3.63, 3.8) is 0 Å². The summed E-state index contributed by atoms with van der Waals surface area (Å²) in [5, 5.41) is 13.1. The predicted molar refractivity (Wildman–Crippen MR) is 78.3 cm³/mol. The highest BCUT2D eigenvalue weighted by atomic mass is 16.2. The molecule has 0 atom stereocenters. The van der Waals surface area contributed by atoms with Crippen LogP contribution in [0.15, 0.2) is 30.3 Å². The van der Waals surface area contributed by atoms with Crippen LogP contribution in [-0.4, -0.2) is 36.4 Å². The molecule has 1 aromatic heterocycles. The maximum atomic E-state index is 11.5. The quantitative estimate of drug-likeness (QED) is 0.920. The first-order chi connectivity index (χ1) is 9.61. The first kappa shape index (κ1) is 13.8. The van der Waals surface area contributed by atoms with Crippen molar-refractivity contribution in [1.29, 1.82) is 5.26 Å². The van der Waals surface area contributed by atoms with Gasteiger partial charge < -0.3 is 10.2 Å². The van der Waals surface area contributed by atoms with Crippen LogP contribution >= 0.6 is 0 Å². The van der Waals surface area contributed by atoms with E-state index in [1.165, 1.54) is 0 Å². The van der Waals surface area contributed by atoms with E-state index in [1.54, 1.807) is 25.1 Å². The van der Waals surface area contributed by atoms with Gasteiger partial charge in [0.05, 0.1) is 17.1 Å². The lowest BCUT2D eigenvalue weighted by Gasteiger charge is -2.11. The number of hydrogen-bond donors (Lipinski definition) is 1. The van der Waals surface area contributed by atoms with Gasteiger partial charge in [0.2, 0.25) is 5.91 Å². The van der Waals surface area contributed by atoms with Gasteiger partial charge in [-0.1, -0.05) is 18.2 Å². The Balaban J connectivity index is 2.15. The van der Waals surface area contributed by atoms with Crippen LogP contribution in [-0.2, 0) is 4.79 Å². The monoisotopic (exact) mass is 268 g/mol. The summed E-state index contributed by atoms with van der Waals surface area (Å²) in [5.41, 5.74) is 1.35. The van der Waals surface area contributed by atoms with Gasteiger partial charge in [0.25, 0.3) is 0 Å². The second-order valence-corrected chi connectivity index (χ2v) is 4.65. The summed E-state index contributed by atoms with van der Waals surface area (Å²) in [6.07, 6.45) is 0.392. The van der Waals surface area contributed by atoms with Crippen LogP contribution in [0.1, 0.15) is 12.0 Å². The summed E-state index contributed by atoms with van der Waals surface area (Å²) in [6.45, 7) is 0.493. The molecular formula is C15H16N4O. The number of hydrogen-bond acceptors (Lipinski definition) is 4. The predicted octanol–water partition coefficient (Wildman–Crippen LogP) is 2.00. The molecule has 0 saturated carbocycles. The zero-order valence-corrected chi connectivity index (χ0v) is 11.6. The summed E-state index contributed by atoms with van der Waals surface area (Å²) in [7, 11) is 3.45. The maximum Gasteiger partial charge on any atom is 0.223 e. The van der Waals surface area contributed by atoms with Gasteiger partial charge in [0.1, 0.15) is 5.82 Å². The molecule has 0 spiro atoms. The highest BCUT2D eigenvalue weighted by Gasteiger charge is 2.06. The summed E-state index contributed by atoms with van der Waals surface area (Å²) in [4.78, 5) is 17.5. The molecule has 5 nitrogen and oxygen atoms in total. The number of rotatable bonds is 4. The van der Waals surface area contributed by atoms with E-state index < -0.39 is 0 Å². The lowest BCUT2D eigenvalue weighted by Crippen LogP contribution is -2.24. The molecule has 102 valence electrons. The van der Waals surface area contributed by atoms with Crippen molar-refractivity contribution >= 4 is 22.6 Å². The molecule has 0 radical (unpaired) electrons. The van der Waals surface area contributed by atoms with Crippen LogP contribution in [0.25, 0.3) is 10.9 Å². The van der Waals surface area contributed by atoms with Crippen LogP contribution < -0.4 is 5.32 Å². The van der Waals surface area contributed by atoms with E-state index in [9.17, 15) is 10.1 Å². The number of carbonyl (C=O) groups is 1. The number of nitrogens with zero attached hydrogens (tertiary/aromatic N) is 3. The highest BCUT2D eigenvalue weighted by Crippen LogP contribution is 2.19. The Bertz CT molecular complexity index is 673. The first-order valence-corrected chi connectivity index (χ1v) is 6.35. The molecule has 1 amide bonds. The zero-order chi connectivity index (χ0) is 14.5. The van der Waals surface area contributed by atoms with Crippen molar-refractivity contribution in [1.82, 2.24) is 9.88 Å². The summed E-state index contributed by atoms with van der Waals surface area (Å²) in [5.74, 6) is 0.672. The SMILES string of the molecule is CN(C)C(=O)CCNc1cc(C#N)c2ccccc2n1. The largest absolute Gasteiger partial charge is 0.369 e. The fraction of sp³-hybridized carbons (Fsp3) is 0.267. The van der Waals surface area contributed by atoms with Gasteiger partial charge in [-0.3, -0.25) is 4.79 Å². The molecular weight excluding hydrogens is 252 g/mol. The molecule has 0 aliphatic carbocycles. The number of aromatic nitrogens is 1. The van der Waals surface area contributed by atoms with E-state index in [2.05, 4.69) is 16.4 Å². The van der Waals surface area contributed by atoms with Crippen molar-refractivity contribution < 1.29 is 4.79 Å². The zero-order valence-electron chi connectivity index (χ0n) is 11.6. The van der Waals surface area contributed by atoms with Crippen molar-refractivity contribution in [2.45, 2.75) is 6.42 Å². The number of para-hydroxylation sites is 1. The molecule has 5 heteroatoms.